The highest BCUT2D eigenvalue weighted by molar-refractivity contribution is 7.89. The van der Waals surface area contributed by atoms with Gasteiger partial charge in [-0.3, -0.25) is 0 Å². The summed E-state index contributed by atoms with van der Waals surface area (Å²) >= 11 is 5.59. The fraction of sp³-hybridized carbons (Fsp3) is 0.632. The predicted molar refractivity (Wildman–Crippen MR) is 110 cm³/mol. The normalized spacial score (nSPS) is 24.4. The molecule has 0 radical (unpaired) electrons. The molecule has 0 spiro atoms. The van der Waals surface area contributed by atoms with Gasteiger partial charge in [0.1, 0.15) is 5.75 Å². The molecule has 8 heteroatoms. The van der Waals surface area contributed by atoms with Crippen molar-refractivity contribution in [1.82, 2.24) is 14.5 Å². The third kappa shape index (κ3) is 4.73. The maximum Gasteiger partial charge on any atom is 0.243 e. The molecular weight excluding hydrogens is 382 g/mol. The Morgan fingerprint density at radius 2 is 1.74 bits per heavy atom. The van der Waals surface area contributed by atoms with Gasteiger partial charge in [-0.15, -0.1) is 0 Å². The van der Waals surface area contributed by atoms with E-state index < -0.39 is 10.0 Å². The molecule has 2 fully saturated rings. The van der Waals surface area contributed by atoms with Gasteiger partial charge in [0.05, 0.1) is 12.0 Å². The van der Waals surface area contributed by atoms with E-state index in [9.17, 15) is 8.42 Å². The molecule has 27 heavy (non-hydrogen) atoms. The van der Waals surface area contributed by atoms with Crippen molar-refractivity contribution in [3.05, 3.63) is 24.3 Å². The summed E-state index contributed by atoms with van der Waals surface area (Å²) in [7, 11) is -1.92. The highest BCUT2D eigenvalue weighted by Gasteiger charge is 2.30. The number of methoxy groups -OCH3 is 1. The highest BCUT2D eigenvalue weighted by Crippen LogP contribution is 2.24. The summed E-state index contributed by atoms with van der Waals surface area (Å²) in [6.45, 7) is 4.39. The molecule has 2 atom stereocenters. The largest absolute Gasteiger partial charge is 0.497 e. The molecule has 1 aromatic carbocycles. The number of ether oxygens (including phenoxy) is 1. The molecule has 3 rings (SSSR count). The summed E-state index contributed by atoms with van der Waals surface area (Å²) < 4.78 is 32.3. The van der Waals surface area contributed by atoms with Gasteiger partial charge < -0.3 is 15.0 Å². The molecular formula is C19H29N3O3S2. The smallest absolute Gasteiger partial charge is 0.243 e. The first kappa shape index (κ1) is 20.4. The van der Waals surface area contributed by atoms with Gasteiger partial charge in [0.2, 0.25) is 10.0 Å². The lowest BCUT2D eigenvalue weighted by atomic mass is 9.86. The minimum atomic E-state index is -3.48. The van der Waals surface area contributed by atoms with Crippen molar-refractivity contribution >= 4 is 27.4 Å². The van der Waals surface area contributed by atoms with Crippen LogP contribution in [0.2, 0.25) is 0 Å². The number of nitrogens with zero attached hydrogens (tertiary/aromatic N) is 2. The Balaban J connectivity index is 1.56. The van der Waals surface area contributed by atoms with Crippen LogP contribution in [0.3, 0.4) is 0 Å². The average Bonchev–Trinajstić information content (AvgIpc) is 2.70. The zero-order chi connectivity index (χ0) is 19.4. The highest BCUT2D eigenvalue weighted by atomic mass is 32.2. The molecule has 0 amide bonds. The number of hydrogen-bond acceptors (Lipinski definition) is 4. The van der Waals surface area contributed by atoms with Gasteiger partial charge in [-0.25, -0.2) is 8.42 Å². The van der Waals surface area contributed by atoms with Crippen molar-refractivity contribution in [3.63, 3.8) is 0 Å². The van der Waals surface area contributed by atoms with Gasteiger partial charge in [-0.2, -0.15) is 4.31 Å². The van der Waals surface area contributed by atoms with Gasteiger partial charge >= 0.3 is 0 Å². The lowest BCUT2D eigenvalue weighted by Crippen LogP contribution is -2.55. The summed E-state index contributed by atoms with van der Waals surface area (Å²) in [4.78, 5) is 2.39. The number of hydrogen-bond donors (Lipinski definition) is 1. The van der Waals surface area contributed by atoms with E-state index in [-0.39, 0.29) is 0 Å². The molecule has 0 bridgehead atoms. The third-order valence-corrected chi connectivity index (χ3v) is 7.93. The van der Waals surface area contributed by atoms with Crippen molar-refractivity contribution in [2.24, 2.45) is 5.92 Å². The summed E-state index contributed by atoms with van der Waals surface area (Å²) in [5, 5.41) is 4.27. The molecule has 6 nitrogen and oxygen atoms in total. The molecule has 1 heterocycles. The van der Waals surface area contributed by atoms with Crippen LogP contribution in [0.25, 0.3) is 0 Å². The SMILES string of the molecule is COc1ccc(S(=O)(=O)N2CCN(C(=S)N[C@H]3CCCC[C@@H]3C)CC2)cc1. The number of sulfonamides is 1. The Morgan fingerprint density at radius 1 is 1.11 bits per heavy atom. The second-order valence-electron chi connectivity index (χ2n) is 7.38. The Bertz CT molecular complexity index is 744. The molecule has 1 saturated carbocycles. The molecule has 0 unspecified atom stereocenters. The molecule has 150 valence electrons. The van der Waals surface area contributed by atoms with Crippen LogP contribution in [0.1, 0.15) is 32.6 Å². The first-order valence-corrected chi connectivity index (χ1v) is 11.5. The summed E-state index contributed by atoms with van der Waals surface area (Å²) in [6.07, 6.45) is 4.95. The van der Waals surface area contributed by atoms with Crippen LogP contribution in [0.15, 0.2) is 29.2 Å². The number of benzene rings is 1. The van der Waals surface area contributed by atoms with Crippen LogP contribution < -0.4 is 10.1 Å². The second-order valence-corrected chi connectivity index (χ2v) is 9.71. The zero-order valence-corrected chi connectivity index (χ0v) is 17.7. The monoisotopic (exact) mass is 411 g/mol. The van der Waals surface area contributed by atoms with Crippen molar-refractivity contribution in [3.8, 4) is 5.75 Å². The van der Waals surface area contributed by atoms with Gasteiger partial charge in [-0.05, 0) is 55.2 Å². The fourth-order valence-corrected chi connectivity index (χ4v) is 5.57. The Labute approximate surface area is 167 Å². The Hall–Kier alpha value is -1.38. The lowest BCUT2D eigenvalue weighted by molar-refractivity contribution is 0.251. The molecule has 1 saturated heterocycles. The van der Waals surface area contributed by atoms with Crippen LogP contribution in [0.4, 0.5) is 0 Å². The van der Waals surface area contributed by atoms with Crippen LogP contribution in [-0.2, 0) is 10.0 Å². The van der Waals surface area contributed by atoms with E-state index >= 15 is 0 Å². The van der Waals surface area contributed by atoms with E-state index in [1.54, 1.807) is 31.4 Å². The van der Waals surface area contributed by atoms with Gasteiger partial charge in [-0.1, -0.05) is 19.8 Å². The average molecular weight is 412 g/mol. The molecule has 1 aromatic rings. The minimum Gasteiger partial charge on any atom is -0.497 e. The van der Waals surface area contributed by atoms with Crippen molar-refractivity contribution in [2.45, 2.75) is 43.5 Å². The zero-order valence-electron chi connectivity index (χ0n) is 16.1. The van der Waals surface area contributed by atoms with Crippen LogP contribution in [0.5, 0.6) is 5.75 Å². The van der Waals surface area contributed by atoms with Gasteiger partial charge in [0.15, 0.2) is 5.11 Å². The minimum absolute atomic E-state index is 0.300. The predicted octanol–water partition coefficient (Wildman–Crippen LogP) is 2.45. The van der Waals surface area contributed by atoms with E-state index in [1.807, 2.05) is 0 Å². The standard InChI is InChI=1S/C19H29N3O3S2/c1-15-5-3-4-6-18(15)20-19(26)21-11-13-22(14-12-21)27(23,24)17-9-7-16(25-2)8-10-17/h7-10,15,18H,3-6,11-14H2,1-2H3,(H,20,26)/t15-,18-/m0/s1. The van der Waals surface area contributed by atoms with E-state index in [0.717, 1.165) is 11.5 Å². The first-order valence-electron chi connectivity index (χ1n) is 9.61. The molecule has 2 aliphatic rings. The van der Waals surface area contributed by atoms with Crippen molar-refractivity contribution < 1.29 is 13.2 Å². The topological polar surface area (TPSA) is 61.9 Å². The third-order valence-electron chi connectivity index (χ3n) is 5.64. The van der Waals surface area contributed by atoms with Crippen LogP contribution in [0, 0.1) is 5.92 Å². The molecule has 1 aliphatic carbocycles. The molecule has 1 N–H and O–H groups in total. The van der Waals surface area contributed by atoms with E-state index in [2.05, 4.69) is 17.1 Å². The number of rotatable bonds is 4. The van der Waals surface area contributed by atoms with Crippen molar-refractivity contribution in [2.75, 3.05) is 33.3 Å². The first-order chi connectivity index (χ1) is 12.9. The van der Waals surface area contributed by atoms with Crippen LogP contribution >= 0.6 is 12.2 Å². The maximum absolute atomic E-state index is 12.8. The number of nitrogens with one attached hydrogen (secondary N) is 1. The Morgan fingerprint density at radius 3 is 2.33 bits per heavy atom. The van der Waals surface area contributed by atoms with Crippen LogP contribution in [-0.4, -0.2) is 62.1 Å². The number of piperazine rings is 1. The van der Waals surface area contributed by atoms with E-state index in [4.69, 9.17) is 17.0 Å². The van der Waals surface area contributed by atoms with Gasteiger partial charge in [0.25, 0.3) is 0 Å². The van der Waals surface area contributed by atoms with Gasteiger partial charge in [0, 0.05) is 32.2 Å². The maximum atomic E-state index is 12.8. The second kappa shape index (κ2) is 8.75. The summed E-state index contributed by atoms with van der Waals surface area (Å²) in [5.41, 5.74) is 0. The summed E-state index contributed by atoms with van der Waals surface area (Å²) in [6, 6.07) is 6.97. The van der Waals surface area contributed by atoms with Crippen molar-refractivity contribution in [1.29, 1.82) is 0 Å². The molecule has 0 aromatic heterocycles. The number of thiocarbonyl (C=S) groups is 1. The quantitative estimate of drug-likeness (QED) is 0.768. The fourth-order valence-electron chi connectivity index (χ4n) is 3.81. The summed E-state index contributed by atoms with van der Waals surface area (Å²) in [5.74, 6) is 1.28. The van der Waals surface area contributed by atoms with E-state index in [0.29, 0.717) is 48.8 Å². The van der Waals surface area contributed by atoms with E-state index in [1.165, 1.54) is 23.6 Å². The lowest BCUT2D eigenvalue weighted by Gasteiger charge is -2.38. The Kier molecular flexibility index (Phi) is 6.60. The molecule has 1 aliphatic heterocycles.